The zero-order valence-corrected chi connectivity index (χ0v) is 25.3. The van der Waals surface area contributed by atoms with Gasteiger partial charge < -0.3 is 13.2 Å². The molecule has 0 bridgehead atoms. The summed E-state index contributed by atoms with van der Waals surface area (Å²) >= 11 is 0. The zero-order chi connectivity index (χ0) is 23.3. The average Bonchev–Trinajstić information content (AvgIpc) is 3.58. The molecule has 0 spiro atoms. The molecule has 0 saturated heterocycles. The molecule has 176 valence electrons. The van der Waals surface area contributed by atoms with Gasteiger partial charge in [0.1, 0.15) is 0 Å². The minimum Gasteiger partial charge on any atom is -0.675 e. The Kier molecular flexibility index (Phi) is 16.7. The van der Waals surface area contributed by atoms with E-state index in [1.807, 2.05) is 40.6 Å². The fraction of sp³-hybridized carbons (Fsp3) is 0.258. The molecule has 0 heterocycles. The molecule has 3 aromatic carbocycles. The molecule has 0 aliphatic heterocycles. The normalized spacial score (nSPS) is 15.5. The molecular formula is C31H39NSiZr. The fourth-order valence-electron chi connectivity index (χ4n) is 2.98. The van der Waals surface area contributed by atoms with Gasteiger partial charge in [-0.15, -0.1) is 13.0 Å². The maximum atomic E-state index is 6.69. The van der Waals surface area contributed by atoms with Crippen LogP contribution in [0.5, 0.6) is 0 Å². The van der Waals surface area contributed by atoms with Gasteiger partial charge in [-0.25, -0.2) is 5.57 Å². The van der Waals surface area contributed by atoms with Crippen molar-refractivity contribution in [1.82, 2.24) is 0 Å². The number of hydrogen-bond donors (Lipinski definition) is 0. The molecule has 1 saturated carbocycles. The summed E-state index contributed by atoms with van der Waals surface area (Å²) in [5, 5.41) is 1.35. The summed E-state index contributed by atoms with van der Waals surface area (Å²) in [4.78, 5) is 0. The number of nitrogens with one attached hydrogen (secondary N) is 1. The maximum Gasteiger partial charge on any atom is 3.00 e. The van der Waals surface area contributed by atoms with Crippen molar-refractivity contribution in [2.24, 2.45) is 5.92 Å². The van der Waals surface area contributed by atoms with Crippen LogP contribution in [0.15, 0.2) is 108 Å². The van der Waals surface area contributed by atoms with Crippen molar-refractivity contribution in [3.63, 3.8) is 0 Å². The summed E-state index contributed by atoms with van der Waals surface area (Å²) in [6.45, 7) is 8.67. The van der Waals surface area contributed by atoms with Gasteiger partial charge in [0.2, 0.25) is 0 Å². The smallest absolute Gasteiger partial charge is 0.675 e. The summed E-state index contributed by atoms with van der Waals surface area (Å²) in [5.74, 6) is 0.560. The van der Waals surface area contributed by atoms with E-state index in [1.165, 1.54) is 33.0 Å². The first-order valence-corrected chi connectivity index (χ1v) is 12.1. The van der Waals surface area contributed by atoms with Crippen LogP contribution in [0.4, 0.5) is 0 Å². The van der Waals surface area contributed by atoms with E-state index in [1.54, 1.807) is 0 Å². The van der Waals surface area contributed by atoms with Crippen LogP contribution in [-0.4, -0.2) is 16.3 Å². The molecule has 0 amide bonds. The van der Waals surface area contributed by atoms with E-state index in [2.05, 4.69) is 94.4 Å². The summed E-state index contributed by atoms with van der Waals surface area (Å²) in [6.07, 6.45) is 5.66. The van der Waals surface area contributed by atoms with Crippen LogP contribution in [0.25, 0.3) is 16.9 Å². The molecule has 2 aliphatic rings. The molecule has 3 heteroatoms. The van der Waals surface area contributed by atoms with Gasteiger partial charge in [-0.05, 0) is 11.1 Å². The van der Waals surface area contributed by atoms with Crippen LogP contribution >= 0.6 is 0 Å². The van der Waals surface area contributed by atoms with Gasteiger partial charge >= 0.3 is 26.2 Å². The van der Waals surface area contributed by atoms with Crippen LogP contribution < -0.4 is 5.19 Å². The van der Waals surface area contributed by atoms with Crippen molar-refractivity contribution in [1.29, 1.82) is 0 Å². The largest absolute Gasteiger partial charge is 3.00 e. The quantitative estimate of drug-likeness (QED) is 0.222. The standard InChI is InChI=1S/C12H10.C9H13.C6H7Si.C3H6N.CH3.Zr/c1-3-7-11(8-4-1)12-9-5-2-6-10-12;1-6-5-7(2)9(4)8(6)3;7-6-4-2-1-3-5-6;4-3-1-2-3;;/h1-10H;6H,1-4H3;1-5H,7H2;3-4H,1-2H2;1H3;/q;-1;;2*-1;+3. The van der Waals surface area contributed by atoms with Gasteiger partial charge in [0.05, 0.1) is 0 Å². The second kappa shape index (κ2) is 17.6. The van der Waals surface area contributed by atoms with E-state index in [0.29, 0.717) is 12.0 Å². The minimum atomic E-state index is 0. The topological polar surface area (TPSA) is 23.8 Å². The van der Waals surface area contributed by atoms with Gasteiger partial charge in [0.25, 0.3) is 0 Å². The van der Waals surface area contributed by atoms with Crippen molar-refractivity contribution in [2.75, 3.05) is 0 Å². The van der Waals surface area contributed by atoms with E-state index in [0.717, 1.165) is 12.8 Å². The Hall–Kier alpha value is -1.80. The van der Waals surface area contributed by atoms with Crippen LogP contribution in [0.1, 0.15) is 40.5 Å². The molecule has 0 aromatic heterocycles. The molecule has 1 atom stereocenters. The number of rotatable bonds is 1. The fourth-order valence-corrected chi connectivity index (χ4v) is 3.26. The summed E-state index contributed by atoms with van der Waals surface area (Å²) in [7, 11) is 1.90. The Bertz CT molecular complexity index is 940. The van der Waals surface area contributed by atoms with E-state index in [-0.39, 0.29) is 33.6 Å². The molecule has 3 aromatic rings. The van der Waals surface area contributed by atoms with Crippen molar-refractivity contribution >= 4 is 15.4 Å². The Labute approximate surface area is 231 Å². The second-order valence-electron chi connectivity index (χ2n) is 8.29. The van der Waals surface area contributed by atoms with E-state index < -0.39 is 0 Å². The Morgan fingerprint density at radius 2 is 1.09 bits per heavy atom. The van der Waals surface area contributed by atoms with E-state index in [9.17, 15) is 0 Å². The molecule has 1 unspecified atom stereocenters. The van der Waals surface area contributed by atoms with E-state index >= 15 is 0 Å². The van der Waals surface area contributed by atoms with Gasteiger partial charge in [0.15, 0.2) is 0 Å². The van der Waals surface area contributed by atoms with Crippen LogP contribution in [0.2, 0.25) is 0 Å². The monoisotopic (exact) mass is 543 g/mol. The zero-order valence-electron chi connectivity index (χ0n) is 21.4. The number of hydrogen-bond acceptors (Lipinski definition) is 0. The van der Waals surface area contributed by atoms with Gasteiger partial charge in [-0.2, -0.15) is 11.1 Å². The molecule has 5 rings (SSSR count). The maximum absolute atomic E-state index is 6.69. The molecule has 34 heavy (non-hydrogen) atoms. The van der Waals surface area contributed by atoms with Crippen molar-refractivity contribution in [3.8, 4) is 11.1 Å². The van der Waals surface area contributed by atoms with Crippen LogP contribution in [0, 0.1) is 19.4 Å². The number of benzene rings is 3. The minimum absolute atomic E-state index is 0. The average molecular weight is 545 g/mol. The Morgan fingerprint density at radius 3 is 1.26 bits per heavy atom. The van der Waals surface area contributed by atoms with Crippen LogP contribution in [-0.2, 0) is 26.2 Å². The molecule has 1 fully saturated rings. The Balaban J connectivity index is 0.000000443. The van der Waals surface area contributed by atoms with E-state index in [4.69, 9.17) is 5.73 Å². The Morgan fingerprint density at radius 1 is 0.735 bits per heavy atom. The molecule has 2 aliphatic carbocycles. The third-order valence-electron chi connectivity index (χ3n) is 5.54. The first-order chi connectivity index (χ1) is 15.4. The SMILES string of the molecule is CC1=[C-]C(C)C(C)=C1C.[CH3-].[NH-]C1CC1.[SiH2]c1ccccc1.[Zr+3].c1ccc(-c2ccccc2)cc1. The first-order valence-electron chi connectivity index (χ1n) is 11.3. The van der Waals surface area contributed by atoms with Crippen molar-refractivity contribution in [3.05, 3.63) is 127 Å². The number of allylic oxidation sites excluding steroid dienone is 4. The summed E-state index contributed by atoms with van der Waals surface area (Å²) in [5.41, 5.74) is 13.5. The van der Waals surface area contributed by atoms with Gasteiger partial charge in [-0.1, -0.05) is 136 Å². The predicted octanol–water partition coefficient (Wildman–Crippen LogP) is 7.67. The van der Waals surface area contributed by atoms with Gasteiger partial charge in [0, 0.05) is 10.2 Å². The molecule has 1 N–H and O–H groups in total. The second-order valence-corrected chi connectivity index (χ2v) is 9.11. The third-order valence-corrected chi connectivity index (χ3v) is 6.01. The first kappa shape index (κ1) is 32.2. The third kappa shape index (κ3) is 12.6. The summed E-state index contributed by atoms with van der Waals surface area (Å²) < 4.78 is 0. The van der Waals surface area contributed by atoms with Gasteiger partial charge in [-0.3, -0.25) is 6.08 Å². The van der Waals surface area contributed by atoms with Crippen molar-refractivity contribution in [2.45, 2.75) is 46.6 Å². The molecular weight excluding hydrogens is 506 g/mol. The molecule has 1 nitrogen and oxygen atoms in total. The molecule has 2 radical (unpaired) electrons. The van der Waals surface area contributed by atoms with Crippen molar-refractivity contribution < 1.29 is 26.2 Å². The predicted molar refractivity (Wildman–Crippen MR) is 150 cm³/mol. The summed E-state index contributed by atoms with van der Waals surface area (Å²) in [6, 6.07) is 31.4. The van der Waals surface area contributed by atoms with Crippen LogP contribution in [0.3, 0.4) is 0 Å².